The standard InChI is InChI=1S/C22H32N4O2/c1-25(22(27)8-5-20-15-23-24-16-20)17-19-10-13-26(14-11-19)12-9-18-3-6-21(28-2)7-4-18/h3-4,6-7,15-16,19H,5,8-14,17H2,1-2H3,(H,23,24). The number of nitrogens with one attached hydrogen (secondary N) is 1. The van der Waals surface area contributed by atoms with Gasteiger partial charge in [-0.3, -0.25) is 9.89 Å². The Balaban J connectivity index is 1.33. The lowest BCUT2D eigenvalue weighted by atomic mass is 9.95. The van der Waals surface area contributed by atoms with Gasteiger partial charge in [0.2, 0.25) is 5.91 Å². The van der Waals surface area contributed by atoms with Gasteiger partial charge in [0, 0.05) is 32.8 Å². The number of carbonyl (C=O) groups is 1. The van der Waals surface area contributed by atoms with E-state index in [9.17, 15) is 4.79 Å². The predicted molar refractivity (Wildman–Crippen MR) is 110 cm³/mol. The Morgan fingerprint density at radius 3 is 2.61 bits per heavy atom. The first-order valence-corrected chi connectivity index (χ1v) is 10.2. The molecule has 2 aromatic rings. The molecule has 3 rings (SSSR count). The van der Waals surface area contributed by atoms with Crippen molar-refractivity contribution < 1.29 is 9.53 Å². The van der Waals surface area contributed by atoms with E-state index in [0.717, 1.165) is 50.3 Å². The highest BCUT2D eigenvalue weighted by molar-refractivity contribution is 5.76. The lowest BCUT2D eigenvalue weighted by Crippen LogP contribution is -2.40. The third-order valence-electron chi connectivity index (χ3n) is 5.72. The molecule has 0 radical (unpaired) electrons. The van der Waals surface area contributed by atoms with Crippen LogP contribution in [0.3, 0.4) is 0 Å². The van der Waals surface area contributed by atoms with Crippen LogP contribution in [0.5, 0.6) is 5.75 Å². The van der Waals surface area contributed by atoms with Gasteiger partial charge in [-0.15, -0.1) is 0 Å². The minimum absolute atomic E-state index is 0.225. The Morgan fingerprint density at radius 2 is 1.96 bits per heavy atom. The summed E-state index contributed by atoms with van der Waals surface area (Å²) in [6.07, 6.45) is 8.36. The van der Waals surface area contributed by atoms with Gasteiger partial charge in [0.1, 0.15) is 5.75 Å². The van der Waals surface area contributed by atoms with E-state index >= 15 is 0 Å². The molecule has 1 saturated heterocycles. The predicted octanol–water partition coefficient (Wildman–Crippen LogP) is 2.76. The second kappa shape index (κ2) is 10.3. The second-order valence-corrected chi connectivity index (χ2v) is 7.76. The zero-order valence-electron chi connectivity index (χ0n) is 17.1. The number of rotatable bonds is 9. The van der Waals surface area contributed by atoms with Gasteiger partial charge in [0.05, 0.1) is 13.3 Å². The number of nitrogens with zero attached hydrogens (tertiary/aromatic N) is 3. The number of ether oxygens (including phenoxy) is 1. The number of likely N-dealkylation sites (tertiary alicyclic amines) is 1. The number of benzene rings is 1. The van der Waals surface area contributed by atoms with Crippen LogP contribution in [-0.4, -0.2) is 66.2 Å². The van der Waals surface area contributed by atoms with Crippen molar-refractivity contribution in [2.45, 2.75) is 32.1 Å². The second-order valence-electron chi connectivity index (χ2n) is 7.76. The molecule has 1 aromatic carbocycles. The van der Waals surface area contributed by atoms with Gasteiger partial charge in [0.25, 0.3) is 0 Å². The summed E-state index contributed by atoms with van der Waals surface area (Å²) >= 11 is 0. The van der Waals surface area contributed by atoms with E-state index in [1.807, 2.05) is 30.3 Å². The quantitative estimate of drug-likeness (QED) is 0.722. The van der Waals surface area contributed by atoms with Crippen LogP contribution in [0.25, 0.3) is 0 Å². The highest BCUT2D eigenvalue weighted by Crippen LogP contribution is 2.19. The first kappa shape index (κ1) is 20.4. The van der Waals surface area contributed by atoms with Gasteiger partial charge >= 0.3 is 0 Å². The third kappa shape index (κ3) is 6.09. The van der Waals surface area contributed by atoms with Gasteiger partial charge in [-0.1, -0.05) is 12.1 Å². The number of methoxy groups -OCH3 is 1. The maximum Gasteiger partial charge on any atom is 0.222 e. The molecule has 6 nitrogen and oxygen atoms in total. The zero-order chi connectivity index (χ0) is 19.8. The highest BCUT2D eigenvalue weighted by Gasteiger charge is 2.21. The molecule has 1 aromatic heterocycles. The van der Waals surface area contributed by atoms with Gasteiger partial charge < -0.3 is 14.5 Å². The number of hydrogen-bond donors (Lipinski definition) is 1. The Hall–Kier alpha value is -2.34. The van der Waals surface area contributed by atoms with Crippen molar-refractivity contribution in [1.82, 2.24) is 20.0 Å². The van der Waals surface area contributed by atoms with Crippen LogP contribution < -0.4 is 4.74 Å². The largest absolute Gasteiger partial charge is 0.497 e. The minimum atomic E-state index is 0.225. The molecule has 1 N–H and O–H groups in total. The lowest BCUT2D eigenvalue weighted by Gasteiger charge is -2.34. The molecule has 28 heavy (non-hydrogen) atoms. The Morgan fingerprint density at radius 1 is 1.21 bits per heavy atom. The van der Waals surface area contributed by atoms with Crippen LogP contribution in [0, 0.1) is 5.92 Å². The van der Waals surface area contributed by atoms with Crippen molar-refractivity contribution in [2.75, 3.05) is 40.3 Å². The molecule has 1 aliphatic heterocycles. The van der Waals surface area contributed by atoms with E-state index in [0.29, 0.717) is 12.3 Å². The molecule has 1 amide bonds. The summed E-state index contributed by atoms with van der Waals surface area (Å²) in [5.41, 5.74) is 2.44. The highest BCUT2D eigenvalue weighted by atomic mass is 16.5. The van der Waals surface area contributed by atoms with Crippen LogP contribution in [0.4, 0.5) is 0 Å². The number of aromatic amines is 1. The normalized spacial score (nSPS) is 15.5. The van der Waals surface area contributed by atoms with Crippen molar-refractivity contribution in [3.63, 3.8) is 0 Å². The number of hydrogen-bond acceptors (Lipinski definition) is 4. The third-order valence-corrected chi connectivity index (χ3v) is 5.72. The molecular formula is C22H32N4O2. The average Bonchev–Trinajstić information content (AvgIpc) is 3.25. The van der Waals surface area contributed by atoms with Gasteiger partial charge in [-0.25, -0.2) is 0 Å². The van der Waals surface area contributed by atoms with Gasteiger partial charge in [0.15, 0.2) is 0 Å². The van der Waals surface area contributed by atoms with E-state index < -0.39 is 0 Å². The minimum Gasteiger partial charge on any atom is -0.497 e. The first-order chi connectivity index (χ1) is 13.6. The molecule has 1 fully saturated rings. The summed E-state index contributed by atoms with van der Waals surface area (Å²) in [7, 11) is 3.64. The summed E-state index contributed by atoms with van der Waals surface area (Å²) in [5, 5.41) is 6.72. The van der Waals surface area contributed by atoms with E-state index in [2.05, 4.69) is 27.2 Å². The first-order valence-electron chi connectivity index (χ1n) is 10.2. The molecule has 2 heterocycles. The van der Waals surface area contributed by atoms with Gasteiger partial charge in [-0.05, 0) is 68.0 Å². The van der Waals surface area contributed by atoms with Crippen LogP contribution >= 0.6 is 0 Å². The summed E-state index contributed by atoms with van der Waals surface area (Å²) in [5.74, 6) is 1.75. The molecule has 6 heteroatoms. The fraction of sp³-hybridized carbons (Fsp3) is 0.545. The van der Waals surface area contributed by atoms with E-state index in [1.54, 1.807) is 13.3 Å². The van der Waals surface area contributed by atoms with Crippen molar-refractivity contribution >= 4 is 5.91 Å². The zero-order valence-corrected chi connectivity index (χ0v) is 17.1. The van der Waals surface area contributed by atoms with Crippen molar-refractivity contribution in [1.29, 1.82) is 0 Å². The molecule has 152 valence electrons. The van der Waals surface area contributed by atoms with Crippen molar-refractivity contribution in [3.05, 3.63) is 47.8 Å². The Kier molecular flexibility index (Phi) is 7.48. The summed E-state index contributed by atoms with van der Waals surface area (Å²) in [6, 6.07) is 8.35. The molecule has 0 atom stereocenters. The Labute approximate surface area is 167 Å². The SMILES string of the molecule is COc1ccc(CCN2CCC(CN(C)C(=O)CCc3cn[nH]c3)CC2)cc1. The molecule has 0 spiro atoms. The number of piperidine rings is 1. The average molecular weight is 385 g/mol. The van der Waals surface area contributed by atoms with Crippen LogP contribution in [0.15, 0.2) is 36.7 Å². The lowest BCUT2D eigenvalue weighted by molar-refractivity contribution is -0.130. The summed E-state index contributed by atoms with van der Waals surface area (Å²) in [6.45, 7) is 4.21. The van der Waals surface area contributed by atoms with Crippen LogP contribution in [0.1, 0.15) is 30.4 Å². The molecule has 0 bridgehead atoms. The Bertz CT molecular complexity index is 707. The molecule has 0 aliphatic carbocycles. The van der Waals surface area contributed by atoms with Crippen LogP contribution in [0.2, 0.25) is 0 Å². The van der Waals surface area contributed by atoms with E-state index in [1.165, 1.54) is 18.4 Å². The fourth-order valence-electron chi connectivity index (χ4n) is 3.82. The van der Waals surface area contributed by atoms with Crippen molar-refractivity contribution in [2.24, 2.45) is 5.92 Å². The molecule has 0 unspecified atom stereocenters. The maximum atomic E-state index is 12.4. The number of carbonyl (C=O) groups excluding carboxylic acids is 1. The number of H-pyrrole nitrogens is 1. The molecule has 0 saturated carbocycles. The molecule has 1 aliphatic rings. The number of aromatic nitrogens is 2. The monoisotopic (exact) mass is 384 g/mol. The summed E-state index contributed by atoms with van der Waals surface area (Å²) in [4.78, 5) is 16.8. The summed E-state index contributed by atoms with van der Waals surface area (Å²) < 4.78 is 5.22. The maximum absolute atomic E-state index is 12.4. The van der Waals surface area contributed by atoms with Crippen LogP contribution in [-0.2, 0) is 17.6 Å². The van der Waals surface area contributed by atoms with E-state index in [4.69, 9.17) is 4.74 Å². The smallest absolute Gasteiger partial charge is 0.222 e. The van der Waals surface area contributed by atoms with Gasteiger partial charge in [-0.2, -0.15) is 5.10 Å². The topological polar surface area (TPSA) is 61.5 Å². The molecular weight excluding hydrogens is 352 g/mol. The van der Waals surface area contributed by atoms with Crippen molar-refractivity contribution in [3.8, 4) is 5.75 Å². The van der Waals surface area contributed by atoms with E-state index in [-0.39, 0.29) is 5.91 Å². The fourth-order valence-corrected chi connectivity index (χ4v) is 3.82. The number of aryl methyl sites for hydroxylation is 1. The number of amides is 1.